The number of benzene rings is 2. The van der Waals surface area contributed by atoms with Gasteiger partial charge in [0.25, 0.3) is 0 Å². The van der Waals surface area contributed by atoms with Crippen molar-refractivity contribution >= 4 is 9.84 Å². The Morgan fingerprint density at radius 2 is 1.57 bits per heavy atom. The van der Waals surface area contributed by atoms with Crippen LogP contribution >= 0.6 is 0 Å². The molecule has 3 rings (SSSR count). The van der Waals surface area contributed by atoms with Crippen LogP contribution in [0.1, 0.15) is 25.3 Å². The summed E-state index contributed by atoms with van der Waals surface area (Å²) in [7, 11) is -3.49. The lowest BCUT2D eigenvalue weighted by molar-refractivity contribution is 0.0152. The van der Waals surface area contributed by atoms with Crippen molar-refractivity contribution < 1.29 is 13.5 Å². The number of hydrogen-bond donors (Lipinski definition) is 1. The zero-order valence-electron chi connectivity index (χ0n) is 13.0. The summed E-state index contributed by atoms with van der Waals surface area (Å²) < 4.78 is 25.6. The summed E-state index contributed by atoms with van der Waals surface area (Å²) in [6, 6.07) is 17.9. The fraction of sp³-hybridized carbons (Fsp3) is 0.263. The Morgan fingerprint density at radius 3 is 2.13 bits per heavy atom. The van der Waals surface area contributed by atoms with Crippen molar-refractivity contribution in [1.29, 1.82) is 0 Å². The van der Waals surface area contributed by atoms with Gasteiger partial charge in [0.15, 0.2) is 0 Å². The fourth-order valence-corrected chi connectivity index (χ4v) is 4.96. The summed E-state index contributed by atoms with van der Waals surface area (Å²) >= 11 is 0. The Balaban J connectivity index is 1.96. The van der Waals surface area contributed by atoms with Gasteiger partial charge in [0.2, 0.25) is 9.84 Å². The maximum absolute atomic E-state index is 12.8. The van der Waals surface area contributed by atoms with Gasteiger partial charge in [0, 0.05) is 4.91 Å². The van der Waals surface area contributed by atoms with Crippen molar-refractivity contribution in [2.24, 2.45) is 5.92 Å². The molecule has 23 heavy (non-hydrogen) atoms. The van der Waals surface area contributed by atoms with E-state index >= 15 is 0 Å². The van der Waals surface area contributed by atoms with Gasteiger partial charge in [0.1, 0.15) is 0 Å². The molecule has 0 spiro atoms. The Labute approximate surface area is 137 Å². The van der Waals surface area contributed by atoms with Crippen molar-refractivity contribution in [3.63, 3.8) is 0 Å². The first kappa shape index (κ1) is 16.0. The Hall–Kier alpha value is -1.91. The molecule has 0 saturated heterocycles. The third kappa shape index (κ3) is 2.96. The van der Waals surface area contributed by atoms with Gasteiger partial charge in [-0.2, -0.15) is 0 Å². The van der Waals surface area contributed by atoms with Crippen LogP contribution in [0.4, 0.5) is 0 Å². The SMILES string of the molecule is C[C@@H]1C[C@](O)(c2ccccc2)CC=C1S(=O)(=O)c1ccccc1. The van der Waals surface area contributed by atoms with E-state index in [1.54, 1.807) is 36.4 Å². The summed E-state index contributed by atoms with van der Waals surface area (Å²) in [5.41, 5.74) is -0.171. The lowest BCUT2D eigenvalue weighted by Crippen LogP contribution is -2.33. The second-order valence-electron chi connectivity index (χ2n) is 6.13. The minimum absolute atomic E-state index is 0.237. The number of hydrogen-bond acceptors (Lipinski definition) is 3. The molecule has 0 saturated carbocycles. The molecule has 0 fully saturated rings. The van der Waals surface area contributed by atoms with Gasteiger partial charge >= 0.3 is 0 Å². The molecule has 1 aliphatic rings. The topological polar surface area (TPSA) is 54.4 Å². The molecule has 1 N–H and O–H groups in total. The summed E-state index contributed by atoms with van der Waals surface area (Å²) in [4.78, 5) is 0.715. The van der Waals surface area contributed by atoms with E-state index in [1.165, 1.54) is 0 Å². The third-order valence-corrected chi connectivity index (χ3v) is 6.53. The van der Waals surface area contributed by atoms with E-state index in [0.29, 0.717) is 22.6 Å². The first-order valence-corrected chi connectivity index (χ1v) is 9.20. The van der Waals surface area contributed by atoms with Crippen LogP contribution in [0.2, 0.25) is 0 Å². The normalized spacial score (nSPS) is 25.0. The average Bonchev–Trinajstić information content (AvgIpc) is 2.56. The number of aliphatic hydroxyl groups is 1. The smallest absolute Gasteiger partial charge is 0.202 e. The molecule has 0 aliphatic heterocycles. The van der Waals surface area contributed by atoms with Crippen molar-refractivity contribution in [3.8, 4) is 0 Å². The highest BCUT2D eigenvalue weighted by atomic mass is 32.2. The van der Waals surface area contributed by atoms with Crippen LogP contribution in [0.3, 0.4) is 0 Å². The Bertz CT molecular complexity index is 810. The minimum Gasteiger partial charge on any atom is -0.385 e. The molecule has 0 radical (unpaired) electrons. The first-order chi connectivity index (χ1) is 10.9. The lowest BCUT2D eigenvalue weighted by atomic mass is 9.79. The summed E-state index contributed by atoms with van der Waals surface area (Å²) in [5.74, 6) is -0.237. The standard InChI is InChI=1S/C19H20O3S/c1-15-14-19(20,16-8-4-2-5-9-16)13-12-18(15)23(21,22)17-10-6-3-7-11-17/h2-12,15,20H,13-14H2,1H3/t15-,19+/m1/s1. The van der Waals surface area contributed by atoms with Crippen LogP contribution in [0.25, 0.3) is 0 Å². The maximum Gasteiger partial charge on any atom is 0.202 e. The molecule has 2 aromatic carbocycles. The van der Waals surface area contributed by atoms with Gasteiger partial charge in [-0.3, -0.25) is 0 Å². The molecule has 0 heterocycles. The van der Waals surface area contributed by atoms with Crippen LogP contribution in [-0.4, -0.2) is 13.5 Å². The molecular weight excluding hydrogens is 308 g/mol. The number of rotatable bonds is 3. The monoisotopic (exact) mass is 328 g/mol. The fourth-order valence-electron chi connectivity index (χ4n) is 3.26. The van der Waals surface area contributed by atoms with Crippen LogP contribution in [0, 0.1) is 5.92 Å². The summed E-state index contributed by atoms with van der Waals surface area (Å²) in [5, 5.41) is 10.9. The highest BCUT2D eigenvalue weighted by Crippen LogP contribution is 2.42. The quantitative estimate of drug-likeness (QED) is 0.935. The van der Waals surface area contributed by atoms with E-state index in [-0.39, 0.29) is 5.92 Å². The van der Waals surface area contributed by atoms with Crippen LogP contribution in [-0.2, 0) is 15.4 Å². The second kappa shape index (κ2) is 5.95. The predicted octanol–water partition coefficient (Wildman–Crippen LogP) is 3.66. The lowest BCUT2D eigenvalue weighted by Gasteiger charge is -2.35. The van der Waals surface area contributed by atoms with E-state index in [2.05, 4.69) is 0 Å². The molecule has 3 nitrogen and oxygen atoms in total. The van der Waals surface area contributed by atoms with Crippen molar-refractivity contribution in [1.82, 2.24) is 0 Å². The largest absolute Gasteiger partial charge is 0.385 e. The van der Waals surface area contributed by atoms with Gasteiger partial charge < -0.3 is 5.11 Å². The van der Waals surface area contributed by atoms with E-state index in [0.717, 1.165) is 5.56 Å². The van der Waals surface area contributed by atoms with E-state index in [1.807, 2.05) is 37.3 Å². The van der Waals surface area contributed by atoms with Gasteiger partial charge in [-0.25, -0.2) is 8.42 Å². The predicted molar refractivity (Wildman–Crippen MR) is 90.4 cm³/mol. The zero-order valence-corrected chi connectivity index (χ0v) is 13.8. The molecule has 0 aromatic heterocycles. The molecule has 0 bridgehead atoms. The van der Waals surface area contributed by atoms with Gasteiger partial charge in [-0.1, -0.05) is 61.5 Å². The molecule has 1 aliphatic carbocycles. The van der Waals surface area contributed by atoms with Crippen molar-refractivity contribution in [3.05, 3.63) is 77.2 Å². The number of sulfone groups is 1. The first-order valence-electron chi connectivity index (χ1n) is 7.71. The van der Waals surface area contributed by atoms with Crippen molar-refractivity contribution in [2.45, 2.75) is 30.3 Å². The molecule has 4 heteroatoms. The molecule has 120 valence electrons. The molecule has 2 atom stereocenters. The van der Waals surface area contributed by atoms with Crippen LogP contribution in [0.15, 0.2) is 76.5 Å². The Morgan fingerprint density at radius 1 is 1.00 bits per heavy atom. The van der Waals surface area contributed by atoms with E-state index < -0.39 is 15.4 Å². The third-order valence-electron chi connectivity index (χ3n) is 4.45. The summed E-state index contributed by atoms with van der Waals surface area (Å²) in [6.45, 7) is 1.86. The zero-order chi connectivity index (χ0) is 16.5. The molecular formula is C19H20O3S. The van der Waals surface area contributed by atoms with Crippen molar-refractivity contribution in [2.75, 3.05) is 0 Å². The Kier molecular flexibility index (Phi) is 4.13. The molecule has 0 amide bonds. The van der Waals surface area contributed by atoms with Crippen LogP contribution in [0.5, 0.6) is 0 Å². The van der Waals surface area contributed by atoms with Gasteiger partial charge in [-0.05, 0) is 36.5 Å². The molecule has 2 aromatic rings. The highest BCUT2D eigenvalue weighted by Gasteiger charge is 2.38. The van der Waals surface area contributed by atoms with Crippen LogP contribution < -0.4 is 0 Å². The number of allylic oxidation sites excluding steroid dienone is 1. The maximum atomic E-state index is 12.8. The van der Waals surface area contributed by atoms with E-state index in [4.69, 9.17) is 0 Å². The molecule has 0 unspecified atom stereocenters. The minimum atomic E-state index is -3.49. The van der Waals surface area contributed by atoms with Gasteiger partial charge in [0.05, 0.1) is 10.5 Å². The second-order valence-corrected chi connectivity index (χ2v) is 8.08. The average molecular weight is 328 g/mol. The summed E-state index contributed by atoms with van der Waals surface area (Å²) in [6.07, 6.45) is 2.39. The van der Waals surface area contributed by atoms with E-state index in [9.17, 15) is 13.5 Å². The van der Waals surface area contributed by atoms with Gasteiger partial charge in [-0.15, -0.1) is 0 Å². The highest BCUT2D eigenvalue weighted by molar-refractivity contribution is 7.95.